The van der Waals surface area contributed by atoms with Crippen LogP contribution < -0.4 is 10.1 Å². The SMILES string of the molecule is CCN(C(=O)C(=Cc1ccc(OC)cc1)NC(=O)c1ccc(C)cc1)C1CCCCC1. The van der Waals surface area contributed by atoms with Gasteiger partial charge in [-0.1, -0.05) is 49.1 Å². The quantitative estimate of drug-likeness (QED) is 0.645. The van der Waals surface area contributed by atoms with Crippen molar-refractivity contribution in [1.82, 2.24) is 10.2 Å². The van der Waals surface area contributed by atoms with Gasteiger partial charge in [-0.3, -0.25) is 9.59 Å². The number of ether oxygens (including phenoxy) is 1. The van der Waals surface area contributed by atoms with Gasteiger partial charge in [0.1, 0.15) is 11.4 Å². The summed E-state index contributed by atoms with van der Waals surface area (Å²) in [6.07, 6.45) is 7.28. The second-order valence-corrected chi connectivity index (χ2v) is 8.03. The molecule has 1 N–H and O–H groups in total. The molecule has 0 saturated heterocycles. The van der Waals surface area contributed by atoms with E-state index in [0.29, 0.717) is 17.8 Å². The van der Waals surface area contributed by atoms with Crippen LogP contribution in [0, 0.1) is 6.92 Å². The maximum Gasteiger partial charge on any atom is 0.270 e. The average Bonchev–Trinajstić information content (AvgIpc) is 2.80. The number of carbonyl (C=O) groups excluding carboxylic acids is 2. The Morgan fingerprint density at radius 3 is 2.26 bits per heavy atom. The maximum absolute atomic E-state index is 13.5. The number of methoxy groups -OCH3 is 1. The molecule has 5 heteroatoms. The first-order valence-electron chi connectivity index (χ1n) is 11.1. The summed E-state index contributed by atoms with van der Waals surface area (Å²) < 4.78 is 5.22. The van der Waals surface area contributed by atoms with Crippen LogP contribution in [0.2, 0.25) is 0 Å². The van der Waals surface area contributed by atoms with Gasteiger partial charge in [0.2, 0.25) is 0 Å². The number of benzene rings is 2. The average molecular weight is 421 g/mol. The summed E-state index contributed by atoms with van der Waals surface area (Å²) in [5.74, 6) is 0.324. The van der Waals surface area contributed by atoms with E-state index in [1.165, 1.54) is 6.42 Å². The number of likely N-dealkylation sites (N-methyl/N-ethyl adjacent to an activating group) is 1. The van der Waals surface area contributed by atoms with Crippen molar-refractivity contribution in [3.8, 4) is 5.75 Å². The number of carbonyl (C=O) groups is 2. The molecule has 2 amide bonds. The molecule has 1 fully saturated rings. The standard InChI is InChI=1S/C26H32N2O3/c1-4-28(22-8-6-5-7-9-22)26(30)24(18-20-12-16-23(31-3)17-13-20)27-25(29)21-14-10-19(2)11-15-21/h10-18,22H,4-9H2,1-3H3,(H,27,29). The summed E-state index contributed by atoms with van der Waals surface area (Å²) in [5.41, 5.74) is 2.73. The van der Waals surface area contributed by atoms with E-state index in [2.05, 4.69) is 5.32 Å². The second kappa shape index (κ2) is 10.8. The summed E-state index contributed by atoms with van der Waals surface area (Å²) in [7, 11) is 1.62. The third kappa shape index (κ3) is 5.97. The molecule has 1 aliphatic carbocycles. The minimum Gasteiger partial charge on any atom is -0.497 e. The van der Waals surface area contributed by atoms with Gasteiger partial charge in [0, 0.05) is 18.2 Å². The monoisotopic (exact) mass is 420 g/mol. The van der Waals surface area contributed by atoms with Gasteiger partial charge < -0.3 is 15.0 Å². The molecule has 2 aromatic rings. The molecule has 31 heavy (non-hydrogen) atoms. The molecule has 0 bridgehead atoms. The zero-order valence-electron chi connectivity index (χ0n) is 18.7. The molecule has 5 nitrogen and oxygen atoms in total. The number of aryl methyl sites for hydroxylation is 1. The highest BCUT2D eigenvalue weighted by Crippen LogP contribution is 2.24. The second-order valence-electron chi connectivity index (χ2n) is 8.03. The van der Waals surface area contributed by atoms with Gasteiger partial charge in [-0.05, 0) is 62.6 Å². The lowest BCUT2D eigenvalue weighted by atomic mass is 9.94. The number of hydrogen-bond donors (Lipinski definition) is 1. The van der Waals surface area contributed by atoms with E-state index in [1.54, 1.807) is 25.3 Å². The van der Waals surface area contributed by atoms with E-state index in [1.807, 2.05) is 55.1 Å². The lowest BCUT2D eigenvalue weighted by Gasteiger charge is -2.34. The zero-order chi connectivity index (χ0) is 22.2. The van der Waals surface area contributed by atoms with Crippen LogP contribution in [0.1, 0.15) is 60.5 Å². The van der Waals surface area contributed by atoms with Crippen LogP contribution in [0.4, 0.5) is 0 Å². The molecule has 0 heterocycles. The fraction of sp³-hybridized carbons (Fsp3) is 0.385. The Labute approximate surface area is 185 Å². The van der Waals surface area contributed by atoms with Crippen molar-refractivity contribution < 1.29 is 14.3 Å². The number of nitrogens with one attached hydrogen (secondary N) is 1. The Hall–Kier alpha value is -3.08. The molecule has 1 aliphatic rings. The van der Waals surface area contributed by atoms with E-state index in [0.717, 1.165) is 42.6 Å². The largest absolute Gasteiger partial charge is 0.497 e. The van der Waals surface area contributed by atoms with Gasteiger partial charge in [0.05, 0.1) is 7.11 Å². The van der Waals surface area contributed by atoms with Gasteiger partial charge in [-0.15, -0.1) is 0 Å². The number of amides is 2. The predicted molar refractivity (Wildman–Crippen MR) is 124 cm³/mol. The molecule has 0 radical (unpaired) electrons. The Balaban J connectivity index is 1.89. The summed E-state index contributed by atoms with van der Waals surface area (Å²) in [4.78, 5) is 28.4. The Kier molecular flexibility index (Phi) is 7.88. The van der Waals surface area contributed by atoms with Gasteiger partial charge in [0.15, 0.2) is 0 Å². The van der Waals surface area contributed by atoms with Crippen molar-refractivity contribution in [3.05, 3.63) is 70.9 Å². The van der Waals surface area contributed by atoms with E-state index < -0.39 is 0 Å². The van der Waals surface area contributed by atoms with Gasteiger partial charge in [-0.2, -0.15) is 0 Å². The molecule has 0 atom stereocenters. The molecule has 0 aliphatic heterocycles. The normalized spacial score (nSPS) is 14.7. The minimum atomic E-state index is -0.284. The maximum atomic E-state index is 13.5. The lowest BCUT2D eigenvalue weighted by Crippen LogP contribution is -2.45. The number of nitrogens with zero attached hydrogens (tertiary/aromatic N) is 1. The Bertz CT molecular complexity index is 911. The molecular formula is C26H32N2O3. The molecule has 1 saturated carbocycles. The van der Waals surface area contributed by atoms with Crippen LogP contribution in [-0.2, 0) is 4.79 Å². The number of hydrogen-bond acceptors (Lipinski definition) is 3. The van der Waals surface area contributed by atoms with Crippen molar-refractivity contribution in [2.75, 3.05) is 13.7 Å². The molecule has 0 spiro atoms. The summed E-state index contributed by atoms with van der Waals surface area (Å²) in [6, 6.07) is 15.0. The first-order chi connectivity index (χ1) is 15.0. The highest BCUT2D eigenvalue weighted by molar-refractivity contribution is 6.05. The van der Waals surface area contributed by atoms with Crippen LogP contribution in [0.5, 0.6) is 5.75 Å². The van der Waals surface area contributed by atoms with Crippen LogP contribution >= 0.6 is 0 Å². The Morgan fingerprint density at radius 2 is 1.68 bits per heavy atom. The molecular weight excluding hydrogens is 388 g/mol. The smallest absolute Gasteiger partial charge is 0.270 e. The summed E-state index contributed by atoms with van der Waals surface area (Å²) in [6.45, 7) is 4.59. The van der Waals surface area contributed by atoms with Gasteiger partial charge in [-0.25, -0.2) is 0 Å². The van der Waals surface area contributed by atoms with Crippen molar-refractivity contribution in [2.45, 2.75) is 52.0 Å². The van der Waals surface area contributed by atoms with Crippen LogP contribution in [0.3, 0.4) is 0 Å². The third-order valence-corrected chi connectivity index (χ3v) is 5.84. The van der Waals surface area contributed by atoms with Gasteiger partial charge >= 0.3 is 0 Å². The molecule has 0 unspecified atom stereocenters. The minimum absolute atomic E-state index is 0.134. The Morgan fingerprint density at radius 1 is 1.03 bits per heavy atom. The fourth-order valence-electron chi connectivity index (χ4n) is 4.03. The molecule has 3 rings (SSSR count). The lowest BCUT2D eigenvalue weighted by molar-refractivity contribution is -0.130. The number of rotatable bonds is 7. The van der Waals surface area contributed by atoms with Crippen LogP contribution in [-0.4, -0.2) is 36.4 Å². The summed E-state index contributed by atoms with van der Waals surface area (Å²) in [5, 5.41) is 2.88. The van der Waals surface area contributed by atoms with E-state index in [9.17, 15) is 9.59 Å². The van der Waals surface area contributed by atoms with Crippen LogP contribution in [0.25, 0.3) is 6.08 Å². The van der Waals surface area contributed by atoms with E-state index in [-0.39, 0.29) is 17.9 Å². The van der Waals surface area contributed by atoms with Gasteiger partial charge in [0.25, 0.3) is 11.8 Å². The van der Waals surface area contributed by atoms with Crippen molar-refractivity contribution in [3.63, 3.8) is 0 Å². The van der Waals surface area contributed by atoms with Crippen LogP contribution in [0.15, 0.2) is 54.2 Å². The molecule has 2 aromatic carbocycles. The van der Waals surface area contributed by atoms with E-state index >= 15 is 0 Å². The predicted octanol–water partition coefficient (Wildman–Crippen LogP) is 4.96. The first-order valence-corrected chi connectivity index (χ1v) is 11.1. The molecule has 0 aromatic heterocycles. The van der Waals surface area contributed by atoms with Crippen molar-refractivity contribution in [1.29, 1.82) is 0 Å². The molecule has 164 valence electrons. The fourth-order valence-corrected chi connectivity index (χ4v) is 4.03. The van der Waals surface area contributed by atoms with Crippen molar-refractivity contribution in [2.24, 2.45) is 0 Å². The topological polar surface area (TPSA) is 58.6 Å². The highest BCUT2D eigenvalue weighted by Gasteiger charge is 2.27. The van der Waals surface area contributed by atoms with E-state index in [4.69, 9.17) is 4.74 Å². The zero-order valence-corrected chi connectivity index (χ0v) is 18.7. The van der Waals surface area contributed by atoms with Crippen molar-refractivity contribution >= 4 is 17.9 Å². The summed E-state index contributed by atoms with van der Waals surface area (Å²) >= 11 is 0. The highest BCUT2D eigenvalue weighted by atomic mass is 16.5. The third-order valence-electron chi connectivity index (χ3n) is 5.84. The first kappa shape index (κ1) is 22.6.